The lowest BCUT2D eigenvalue weighted by atomic mass is 10.1. The second-order valence-corrected chi connectivity index (χ2v) is 7.09. The van der Waals surface area contributed by atoms with Crippen molar-refractivity contribution in [3.8, 4) is 5.75 Å². The van der Waals surface area contributed by atoms with Crippen LogP contribution >= 0.6 is 0 Å². The van der Waals surface area contributed by atoms with Crippen molar-refractivity contribution in [3.63, 3.8) is 0 Å². The van der Waals surface area contributed by atoms with Crippen LogP contribution in [0.15, 0.2) is 29.3 Å². The van der Waals surface area contributed by atoms with E-state index >= 15 is 0 Å². The van der Waals surface area contributed by atoms with Crippen LogP contribution in [0.5, 0.6) is 5.75 Å². The van der Waals surface area contributed by atoms with E-state index in [1.807, 2.05) is 25.2 Å². The topological polar surface area (TPSA) is 69.6 Å². The van der Waals surface area contributed by atoms with Crippen LogP contribution in [0.3, 0.4) is 0 Å². The molecule has 0 amide bonds. The molecule has 7 heteroatoms. The molecule has 2 heterocycles. The first-order chi connectivity index (χ1) is 13.3. The van der Waals surface area contributed by atoms with E-state index < -0.39 is 0 Å². The fourth-order valence-electron chi connectivity index (χ4n) is 3.56. The minimum atomic E-state index is 0.345. The number of piperazine rings is 1. The van der Waals surface area contributed by atoms with Gasteiger partial charge in [-0.05, 0) is 25.0 Å². The lowest BCUT2D eigenvalue weighted by Crippen LogP contribution is -2.52. The first kappa shape index (κ1) is 19.8. The summed E-state index contributed by atoms with van der Waals surface area (Å²) in [5.41, 5.74) is 0.907. The number of rotatable bonds is 7. The van der Waals surface area contributed by atoms with Gasteiger partial charge in [0.05, 0.1) is 18.9 Å². The van der Waals surface area contributed by atoms with Gasteiger partial charge in [0, 0.05) is 58.9 Å². The number of phenolic OH excluding ortho intramolecular Hbond substituents is 1. The molecule has 0 aliphatic carbocycles. The van der Waals surface area contributed by atoms with Crippen molar-refractivity contribution >= 4 is 11.6 Å². The van der Waals surface area contributed by atoms with Gasteiger partial charge in [-0.3, -0.25) is 4.99 Å². The summed E-state index contributed by atoms with van der Waals surface area (Å²) in [6.07, 6.45) is 2.09. The molecule has 1 unspecified atom stereocenters. The Hall–Kier alpha value is -1.99. The van der Waals surface area contributed by atoms with Crippen LogP contribution in [0.4, 0.5) is 5.69 Å². The Balaban J connectivity index is 1.33. The van der Waals surface area contributed by atoms with Crippen LogP contribution in [0, 0.1) is 5.92 Å². The highest BCUT2D eigenvalue weighted by molar-refractivity contribution is 5.80. The Morgan fingerprint density at radius 2 is 2.11 bits per heavy atom. The number of hydrogen-bond donors (Lipinski definition) is 2. The highest BCUT2D eigenvalue weighted by Crippen LogP contribution is 2.27. The molecule has 1 aromatic rings. The summed E-state index contributed by atoms with van der Waals surface area (Å²) in [6, 6.07) is 7.52. The molecule has 2 saturated heterocycles. The normalized spacial score (nSPS) is 20.9. The van der Waals surface area contributed by atoms with Crippen LogP contribution in [-0.4, -0.2) is 82.2 Å². The zero-order valence-corrected chi connectivity index (χ0v) is 16.3. The van der Waals surface area contributed by atoms with Crippen LogP contribution in [0.25, 0.3) is 0 Å². The van der Waals surface area contributed by atoms with E-state index in [-0.39, 0.29) is 0 Å². The summed E-state index contributed by atoms with van der Waals surface area (Å²) < 4.78 is 11.1. The molecule has 2 aliphatic rings. The molecule has 27 heavy (non-hydrogen) atoms. The van der Waals surface area contributed by atoms with Gasteiger partial charge in [0.25, 0.3) is 0 Å². The zero-order valence-electron chi connectivity index (χ0n) is 16.3. The summed E-state index contributed by atoms with van der Waals surface area (Å²) in [4.78, 5) is 8.91. The van der Waals surface area contributed by atoms with Gasteiger partial charge in [0.2, 0.25) is 0 Å². The number of aromatic hydroxyl groups is 1. The van der Waals surface area contributed by atoms with E-state index in [9.17, 15) is 5.11 Å². The van der Waals surface area contributed by atoms with Crippen LogP contribution in [0.1, 0.15) is 12.8 Å². The van der Waals surface area contributed by atoms with Crippen LogP contribution < -0.4 is 10.2 Å². The maximum Gasteiger partial charge on any atom is 0.193 e. The molecule has 0 spiro atoms. The average Bonchev–Trinajstić information content (AvgIpc) is 3.22. The Kier molecular flexibility index (Phi) is 7.59. The van der Waals surface area contributed by atoms with Crippen molar-refractivity contribution in [2.24, 2.45) is 10.9 Å². The predicted molar refractivity (Wildman–Crippen MR) is 108 cm³/mol. The summed E-state index contributed by atoms with van der Waals surface area (Å²) >= 11 is 0. The largest absolute Gasteiger partial charge is 0.506 e. The second kappa shape index (κ2) is 10.4. The van der Waals surface area contributed by atoms with Gasteiger partial charge in [-0.15, -0.1) is 0 Å². The molecule has 7 nitrogen and oxygen atoms in total. The minimum absolute atomic E-state index is 0.345. The predicted octanol–water partition coefficient (Wildman–Crippen LogP) is 1.53. The number of para-hydroxylation sites is 2. The lowest BCUT2D eigenvalue weighted by molar-refractivity contribution is 0.0887. The summed E-state index contributed by atoms with van der Waals surface area (Å²) in [5, 5.41) is 13.5. The fourth-order valence-corrected chi connectivity index (χ4v) is 3.56. The van der Waals surface area contributed by atoms with Crippen LogP contribution in [-0.2, 0) is 9.47 Å². The number of ether oxygens (including phenoxy) is 2. The first-order valence-corrected chi connectivity index (χ1v) is 9.92. The fraction of sp³-hybridized carbons (Fsp3) is 0.650. The molecule has 1 atom stereocenters. The van der Waals surface area contributed by atoms with Crippen molar-refractivity contribution in [2.75, 3.05) is 71.1 Å². The molecule has 150 valence electrons. The zero-order chi connectivity index (χ0) is 18.9. The summed E-state index contributed by atoms with van der Waals surface area (Å²) in [7, 11) is 1.83. The quantitative estimate of drug-likeness (QED) is 0.427. The Morgan fingerprint density at radius 1 is 1.30 bits per heavy atom. The lowest BCUT2D eigenvalue weighted by Gasteiger charge is -2.37. The third kappa shape index (κ3) is 5.74. The molecule has 2 N–H and O–H groups in total. The van der Waals surface area contributed by atoms with Crippen LogP contribution in [0.2, 0.25) is 0 Å². The third-order valence-electron chi connectivity index (χ3n) is 5.14. The minimum Gasteiger partial charge on any atom is -0.506 e. The van der Waals surface area contributed by atoms with Gasteiger partial charge in [0.15, 0.2) is 5.96 Å². The van der Waals surface area contributed by atoms with Gasteiger partial charge in [0.1, 0.15) is 5.75 Å². The number of phenols is 1. The molecular formula is C20H32N4O3. The smallest absolute Gasteiger partial charge is 0.193 e. The molecule has 3 rings (SSSR count). The van der Waals surface area contributed by atoms with E-state index in [1.54, 1.807) is 6.07 Å². The maximum atomic E-state index is 10.0. The highest BCUT2D eigenvalue weighted by atomic mass is 16.5. The van der Waals surface area contributed by atoms with Crippen molar-refractivity contribution < 1.29 is 14.6 Å². The highest BCUT2D eigenvalue weighted by Gasteiger charge is 2.21. The number of benzene rings is 1. The van der Waals surface area contributed by atoms with E-state index in [2.05, 4.69) is 20.1 Å². The Labute approximate surface area is 162 Å². The molecule has 0 aromatic heterocycles. The summed E-state index contributed by atoms with van der Waals surface area (Å²) in [5.74, 6) is 1.86. The molecule has 2 fully saturated rings. The molecule has 0 radical (unpaired) electrons. The van der Waals surface area contributed by atoms with Crippen molar-refractivity contribution in [2.45, 2.75) is 12.8 Å². The van der Waals surface area contributed by atoms with E-state index in [0.29, 0.717) is 11.7 Å². The standard InChI is InChI=1S/C20H32N4O3/c1-21-20(22-8-4-13-26-15-17-7-14-27-16-17)24-11-9-23(10-12-24)18-5-2-3-6-19(18)25/h2-3,5-6,17,25H,4,7-16H2,1H3,(H,21,22). The third-order valence-corrected chi connectivity index (χ3v) is 5.14. The van der Waals surface area contributed by atoms with Gasteiger partial charge in [-0.2, -0.15) is 0 Å². The number of hydrogen-bond acceptors (Lipinski definition) is 5. The SMILES string of the molecule is CN=C(NCCCOCC1CCOC1)N1CCN(c2ccccc2O)CC1. The molecule has 0 saturated carbocycles. The van der Waals surface area contributed by atoms with Gasteiger partial charge in [-0.1, -0.05) is 12.1 Å². The second-order valence-electron chi connectivity index (χ2n) is 7.09. The van der Waals surface area contributed by atoms with Gasteiger partial charge in [-0.25, -0.2) is 0 Å². The number of aliphatic imine (C=N–C) groups is 1. The van der Waals surface area contributed by atoms with Crippen molar-refractivity contribution in [3.05, 3.63) is 24.3 Å². The Bertz CT molecular complexity index is 597. The number of nitrogens with zero attached hydrogens (tertiary/aromatic N) is 3. The summed E-state index contributed by atoms with van der Waals surface area (Å²) in [6.45, 7) is 7.65. The maximum absolute atomic E-state index is 10.0. The number of anilines is 1. The van der Waals surface area contributed by atoms with E-state index in [0.717, 1.165) is 83.6 Å². The van der Waals surface area contributed by atoms with Crippen molar-refractivity contribution in [1.29, 1.82) is 0 Å². The number of nitrogens with one attached hydrogen (secondary N) is 1. The molecule has 2 aliphatic heterocycles. The van der Waals surface area contributed by atoms with Gasteiger partial charge < -0.3 is 29.7 Å². The Morgan fingerprint density at radius 3 is 2.81 bits per heavy atom. The van der Waals surface area contributed by atoms with E-state index in [4.69, 9.17) is 9.47 Å². The molecular weight excluding hydrogens is 344 g/mol. The monoisotopic (exact) mass is 376 g/mol. The van der Waals surface area contributed by atoms with Crippen molar-refractivity contribution in [1.82, 2.24) is 10.2 Å². The molecule has 1 aromatic carbocycles. The first-order valence-electron chi connectivity index (χ1n) is 9.92. The average molecular weight is 377 g/mol. The van der Waals surface area contributed by atoms with E-state index in [1.165, 1.54) is 0 Å². The molecule has 0 bridgehead atoms. The van der Waals surface area contributed by atoms with Gasteiger partial charge >= 0.3 is 0 Å². The number of guanidine groups is 1.